The molecule has 0 aliphatic carbocycles. The first-order valence-corrected chi connectivity index (χ1v) is 5.56. The minimum atomic E-state index is 0.0758. The number of rotatable bonds is 6. The molecule has 1 rings (SSSR count). The Hall–Kier alpha value is -1.03. The summed E-state index contributed by atoms with van der Waals surface area (Å²) in [6, 6.07) is 0.546. The molecule has 4 heteroatoms. The largest absolute Gasteiger partial charge is 0.327 e. The molecule has 0 aliphatic heterocycles. The summed E-state index contributed by atoms with van der Waals surface area (Å²) in [5, 5.41) is 3.36. The fourth-order valence-electron chi connectivity index (χ4n) is 1.48. The molecule has 0 saturated heterocycles. The lowest BCUT2D eigenvalue weighted by atomic mass is 10.3. The molecule has 0 fully saturated rings. The van der Waals surface area contributed by atoms with E-state index in [1.54, 1.807) is 22.4 Å². The highest BCUT2D eigenvalue weighted by Crippen LogP contribution is 1.92. The summed E-state index contributed by atoms with van der Waals surface area (Å²) >= 11 is 0. The number of aromatic nitrogens is 2. The molecule has 0 radical (unpaired) electrons. The Labute approximate surface area is 90.9 Å². The Balaban J connectivity index is 2.21. The van der Waals surface area contributed by atoms with Gasteiger partial charge in [-0.2, -0.15) is 0 Å². The van der Waals surface area contributed by atoms with Gasteiger partial charge in [-0.05, 0) is 19.4 Å². The third-order valence-corrected chi connectivity index (χ3v) is 2.40. The van der Waals surface area contributed by atoms with Gasteiger partial charge in [0.15, 0.2) is 0 Å². The van der Waals surface area contributed by atoms with Gasteiger partial charge in [-0.3, -0.25) is 4.57 Å². The molecule has 0 amide bonds. The molecule has 1 aromatic heterocycles. The van der Waals surface area contributed by atoms with Crippen LogP contribution in [-0.2, 0) is 13.6 Å². The monoisotopic (exact) mass is 211 g/mol. The maximum Gasteiger partial charge on any atom is 0.327 e. The first kappa shape index (κ1) is 12.0. The first-order chi connectivity index (χ1) is 7.11. The summed E-state index contributed by atoms with van der Waals surface area (Å²) in [5.41, 5.74) is 0.0758. The summed E-state index contributed by atoms with van der Waals surface area (Å²) in [7, 11) is 1.78. The Kier molecular flexibility index (Phi) is 4.62. The summed E-state index contributed by atoms with van der Waals surface area (Å²) in [6.45, 7) is 6.13. The van der Waals surface area contributed by atoms with Crippen molar-refractivity contribution < 1.29 is 0 Å². The van der Waals surface area contributed by atoms with Gasteiger partial charge in [-0.25, -0.2) is 4.79 Å². The van der Waals surface area contributed by atoms with Gasteiger partial charge in [0.1, 0.15) is 0 Å². The Morgan fingerprint density at radius 1 is 1.33 bits per heavy atom. The topological polar surface area (TPSA) is 39.0 Å². The second-order valence-corrected chi connectivity index (χ2v) is 4.20. The highest BCUT2D eigenvalue weighted by molar-refractivity contribution is 4.79. The van der Waals surface area contributed by atoms with Crippen LogP contribution in [0.4, 0.5) is 0 Å². The highest BCUT2D eigenvalue weighted by Gasteiger charge is 1.98. The third-order valence-electron chi connectivity index (χ3n) is 2.40. The van der Waals surface area contributed by atoms with Crippen molar-refractivity contribution in [2.45, 2.75) is 39.3 Å². The predicted octanol–water partition coefficient (Wildman–Crippen LogP) is 0.965. The third kappa shape index (κ3) is 3.91. The van der Waals surface area contributed by atoms with Gasteiger partial charge < -0.3 is 9.88 Å². The summed E-state index contributed by atoms with van der Waals surface area (Å²) < 4.78 is 3.36. The number of imidazole rings is 1. The minimum absolute atomic E-state index is 0.0758. The Morgan fingerprint density at radius 2 is 2.07 bits per heavy atom. The van der Waals surface area contributed by atoms with Crippen LogP contribution < -0.4 is 11.0 Å². The normalized spacial score (nSPS) is 11.2. The standard InChI is InChI=1S/C11H21N3O/c1-10(2)12-6-4-5-7-14-9-8-13(3)11(14)15/h8-10,12H,4-7H2,1-3H3. The van der Waals surface area contributed by atoms with Crippen molar-refractivity contribution in [3.05, 3.63) is 22.9 Å². The van der Waals surface area contributed by atoms with Gasteiger partial charge in [0, 0.05) is 32.0 Å². The minimum Gasteiger partial charge on any atom is -0.315 e. The first-order valence-electron chi connectivity index (χ1n) is 5.56. The van der Waals surface area contributed by atoms with Gasteiger partial charge in [0.2, 0.25) is 0 Å². The van der Waals surface area contributed by atoms with Crippen molar-refractivity contribution in [3.63, 3.8) is 0 Å². The zero-order chi connectivity index (χ0) is 11.3. The van der Waals surface area contributed by atoms with Crippen LogP contribution in [0, 0.1) is 0 Å². The average Bonchev–Trinajstić information content (AvgIpc) is 2.48. The zero-order valence-corrected chi connectivity index (χ0v) is 9.86. The van der Waals surface area contributed by atoms with Crippen LogP contribution in [0.1, 0.15) is 26.7 Å². The Bertz CT molecular complexity index is 338. The molecule has 0 aromatic carbocycles. The van der Waals surface area contributed by atoms with Gasteiger partial charge in [0.05, 0.1) is 0 Å². The molecule has 4 nitrogen and oxygen atoms in total. The van der Waals surface area contributed by atoms with E-state index in [9.17, 15) is 4.79 Å². The Morgan fingerprint density at radius 3 is 2.60 bits per heavy atom. The predicted molar refractivity (Wildman–Crippen MR) is 62.0 cm³/mol. The molecule has 1 aromatic rings. The van der Waals surface area contributed by atoms with E-state index in [1.165, 1.54) is 0 Å². The average molecular weight is 211 g/mol. The molecule has 1 heterocycles. The number of nitrogens with zero attached hydrogens (tertiary/aromatic N) is 2. The van der Waals surface area contributed by atoms with E-state index in [1.807, 2.05) is 6.20 Å². The molecular weight excluding hydrogens is 190 g/mol. The fraction of sp³-hybridized carbons (Fsp3) is 0.727. The molecule has 0 atom stereocenters. The van der Waals surface area contributed by atoms with E-state index < -0.39 is 0 Å². The van der Waals surface area contributed by atoms with E-state index in [2.05, 4.69) is 19.2 Å². The van der Waals surface area contributed by atoms with Crippen molar-refractivity contribution in [3.8, 4) is 0 Å². The van der Waals surface area contributed by atoms with E-state index in [-0.39, 0.29) is 5.69 Å². The SMILES string of the molecule is CC(C)NCCCCn1ccn(C)c1=O. The molecule has 15 heavy (non-hydrogen) atoms. The van der Waals surface area contributed by atoms with Crippen molar-refractivity contribution in [2.75, 3.05) is 6.54 Å². The second kappa shape index (κ2) is 5.75. The van der Waals surface area contributed by atoms with E-state index in [0.717, 1.165) is 25.9 Å². The molecule has 0 aliphatic rings. The molecule has 0 spiro atoms. The smallest absolute Gasteiger partial charge is 0.315 e. The molecule has 1 N–H and O–H groups in total. The van der Waals surface area contributed by atoms with Crippen molar-refractivity contribution in [1.82, 2.24) is 14.5 Å². The van der Waals surface area contributed by atoms with Crippen LogP contribution in [-0.4, -0.2) is 21.7 Å². The van der Waals surface area contributed by atoms with Crippen molar-refractivity contribution in [2.24, 2.45) is 7.05 Å². The number of hydrogen-bond acceptors (Lipinski definition) is 2. The van der Waals surface area contributed by atoms with Crippen LogP contribution in [0.3, 0.4) is 0 Å². The lowest BCUT2D eigenvalue weighted by Crippen LogP contribution is -2.25. The van der Waals surface area contributed by atoms with Crippen LogP contribution in [0.2, 0.25) is 0 Å². The molecule has 0 unspecified atom stereocenters. The lowest BCUT2D eigenvalue weighted by Gasteiger charge is -2.07. The van der Waals surface area contributed by atoms with Gasteiger partial charge in [-0.1, -0.05) is 13.8 Å². The van der Waals surface area contributed by atoms with Crippen molar-refractivity contribution >= 4 is 0 Å². The van der Waals surface area contributed by atoms with Gasteiger partial charge >= 0.3 is 5.69 Å². The maximum atomic E-state index is 11.5. The molecule has 0 saturated carbocycles. The maximum absolute atomic E-state index is 11.5. The van der Waals surface area contributed by atoms with Crippen molar-refractivity contribution in [1.29, 1.82) is 0 Å². The van der Waals surface area contributed by atoms with Gasteiger partial charge in [0.25, 0.3) is 0 Å². The lowest BCUT2D eigenvalue weighted by molar-refractivity contribution is 0.524. The quantitative estimate of drug-likeness (QED) is 0.712. The zero-order valence-electron chi connectivity index (χ0n) is 9.86. The van der Waals surface area contributed by atoms with E-state index >= 15 is 0 Å². The van der Waals surface area contributed by atoms with E-state index in [0.29, 0.717) is 6.04 Å². The summed E-state index contributed by atoms with van der Waals surface area (Å²) in [4.78, 5) is 11.5. The number of aryl methyl sites for hydroxylation is 2. The number of unbranched alkanes of at least 4 members (excludes halogenated alkanes) is 1. The van der Waals surface area contributed by atoms with Gasteiger partial charge in [-0.15, -0.1) is 0 Å². The molecule has 0 bridgehead atoms. The summed E-state index contributed by atoms with van der Waals surface area (Å²) in [6.07, 6.45) is 5.80. The number of hydrogen-bond donors (Lipinski definition) is 1. The van der Waals surface area contributed by atoms with Crippen LogP contribution in [0.5, 0.6) is 0 Å². The number of nitrogens with one attached hydrogen (secondary N) is 1. The second-order valence-electron chi connectivity index (χ2n) is 4.20. The fourth-order valence-corrected chi connectivity index (χ4v) is 1.48. The van der Waals surface area contributed by atoms with Crippen LogP contribution >= 0.6 is 0 Å². The highest BCUT2D eigenvalue weighted by atomic mass is 16.1. The van der Waals surface area contributed by atoms with Crippen LogP contribution in [0.15, 0.2) is 17.2 Å². The summed E-state index contributed by atoms with van der Waals surface area (Å²) in [5.74, 6) is 0. The van der Waals surface area contributed by atoms with E-state index in [4.69, 9.17) is 0 Å². The molecular formula is C11H21N3O. The molecule has 86 valence electrons. The van der Waals surface area contributed by atoms with Crippen LogP contribution in [0.25, 0.3) is 0 Å².